The van der Waals surface area contributed by atoms with Crippen molar-refractivity contribution >= 4 is 29.2 Å². The molecule has 1 heterocycles. The summed E-state index contributed by atoms with van der Waals surface area (Å²) in [7, 11) is 0. The van der Waals surface area contributed by atoms with Crippen LogP contribution in [0.25, 0.3) is 0 Å². The van der Waals surface area contributed by atoms with Gasteiger partial charge in [-0.2, -0.15) is 0 Å². The number of nitrogens with one attached hydrogen (secondary N) is 1. The molecule has 1 saturated heterocycles. The first-order valence-corrected chi connectivity index (χ1v) is 8.80. The molecule has 1 aliphatic heterocycles. The van der Waals surface area contributed by atoms with E-state index in [1.54, 1.807) is 6.07 Å². The van der Waals surface area contributed by atoms with Crippen LogP contribution in [0.2, 0.25) is 5.02 Å². The number of carbonyl (C=O) groups is 2. The summed E-state index contributed by atoms with van der Waals surface area (Å²) >= 11 is 6.02. The molecule has 136 valence electrons. The fraction of sp³-hybridized carbons (Fsp3) is 0.300. The summed E-state index contributed by atoms with van der Waals surface area (Å²) in [4.78, 5) is 24.3. The van der Waals surface area contributed by atoms with Crippen LogP contribution in [0.1, 0.15) is 34.3 Å². The molecule has 2 N–H and O–H groups in total. The number of halogens is 1. The van der Waals surface area contributed by atoms with Gasteiger partial charge >= 0.3 is 5.97 Å². The number of aromatic carboxylic acids is 1. The summed E-state index contributed by atoms with van der Waals surface area (Å²) in [6.07, 6.45) is 1.18. The Bertz CT molecular complexity index is 843. The highest BCUT2D eigenvalue weighted by molar-refractivity contribution is 6.33. The Balaban J connectivity index is 1.93. The molecule has 1 fully saturated rings. The third kappa shape index (κ3) is 3.45. The Labute approximate surface area is 156 Å². The number of carbonyl (C=O) groups excluding carboxylic acids is 1. The summed E-state index contributed by atoms with van der Waals surface area (Å²) in [5, 5.41) is 12.1. The Morgan fingerprint density at radius 3 is 2.46 bits per heavy atom. The van der Waals surface area contributed by atoms with Crippen LogP contribution in [-0.2, 0) is 14.9 Å². The van der Waals surface area contributed by atoms with Gasteiger partial charge in [0, 0.05) is 18.9 Å². The van der Waals surface area contributed by atoms with Crippen LogP contribution in [0, 0.1) is 6.92 Å². The van der Waals surface area contributed by atoms with Crippen molar-refractivity contribution in [1.29, 1.82) is 0 Å². The summed E-state index contributed by atoms with van der Waals surface area (Å²) < 4.78 is 5.48. The zero-order valence-electron chi connectivity index (χ0n) is 14.4. The predicted octanol–water partition coefficient (Wildman–Crippen LogP) is 4.03. The molecule has 0 aromatic heterocycles. The third-order valence-corrected chi connectivity index (χ3v) is 5.21. The van der Waals surface area contributed by atoms with E-state index in [2.05, 4.69) is 5.32 Å². The zero-order valence-corrected chi connectivity index (χ0v) is 15.2. The minimum atomic E-state index is -1.10. The summed E-state index contributed by atoms with van der Waals surface area (Å²) in [6.45, 7) is 3.03. The van der Waals surface area contributed by atoms with Crippen molar-refractivity contribution in [2.24, 2.45) is 0 Å². The molecule has 26 heavy (non-hydrogen) atoms. The van der Waals surface area contributed by atoms with Crippen molar-refractivity contribution in [2.45, 2.75) is 25.2 Å². The maximum Gasteiger partial charge on any atom is 0.337 e. The van der Waals surface area contributed by atoms with E-state index in [0.29, 0.717) is 31.7 Å². The topological polar surface area (TPSA) is 75.6 Å². The number of amides is 1. The molecule has 0 radical (unpaired) electrons. The van der Waals surface area contributed by atoms with Gasteiger partial charge in [-0.15, -0.1) is 0 Å². The first-order chi connectivity index (χ1) is 12.4. The average molecular weight is 374 g/mol. The SMILES string of the molecule is Cc1ccccc1C1(C(=O)Nc2ccc(C(=O)O)c(Cl)c2)CCOCC1. The van der Waals surface area contributed by atoms with Crippen LogP contribution in [0.4, 0.5) is 5.69 Å². The predicted molar refractivity (Wildman–Crippen MR) is 100.0 cm³/mol. The van der Waals surface area contributed by atoms with Gasteiger partial charge in [-0.05, 0) is 49.1 Å². The van der Waals surface area contributed by atoms with E-state index < -0.39 is 11.4 Å². The second kappa shape index (κ2) is 7.48. The highest BCUT2D eigenvalue weighted by Gasteiger charge is 2.42. The number of benzene rings is 2. The lowest BCUT2D eigenvalue weighted by Crippen LogP contribution is -2.45. The number of ether oxygens (including phenoxy) is 1. The molecule has 2 aromatic carbocycles. The van der Waals surface area contributed by atoms with E-state index in [1.807, 2.05) is 31.2 Å². The third-order valence-electron chi connectivity index (χ3n) is 4.90. The van der Waals surface area contributed by atoms with E-state index in [-0.39, 0.29) is 16.5 Å². The molecule has 2 aromatic rings. The Morgan fingerprint density at radius 2 is 1.85 bits per heavy atom. The van der Waals surface area contributed by atoms with Crippen molar-refractivity contribution < 1.29 is 19.4 Å². The van der Waals surface area contributed by atoms with E-state index in [4.69, 9.17) is 21.4 Å². The van der Waals surface area contributed by atoms with Gasteiger partial charge in [-0.25, -0.2) is 4.79 Å². The van der Waals surface area contributed by atoms with Crippen molar-refractivity contribution in [1.82, 2.24) is 0 Å². The highest BCUT2D eigenvalue weighted by atomic mass is 35.5. The molecule has 1 aliphatic rings. The number of aryl methyl sites for hydroxylation is 1. The lowest BCUT2D eigenvalue weighted by molar-refractivity contribution is -0.125. The van der Waals surface area contributed by atoms with Crippen LogP contribution < -0.4 is 5.32 Å². The molecule has 5 nitrogen and oxygen atoms in total. The molecular formula is C20H20ClNO4. The summed E-state index contributed by atoms with van der Waals surface area (Å²) in [6, 6.07) is 12.3. The average Bonchev–Trinajstić information content (AvgIpc) is 2.62. The fourth-order valence-electron chi connectivity index (χ4n) is 3.47. The first kappa shape index (κ1) is 18.4. The number of anilines is 1. The molecule has 0 aliphatic carbocycles. The van der Waals surface area contributed by atoms with Crippen LogP contribution >= 0.6 is 11.6 Å². The van der Waals surface area contributed by atoms with Crippen LogP contribution in [0.5, 0.6) is 0 Å². The minimum absolute atomic E-state index is 0.00403. The van der Waals surface area contributed by atoms with Gasteiger partial charge in [0.2, 0.25) is 5.91 Å². The van der Waals surface area contributed by atoms with E-state index >= 15 is 0 Å². The number of carboxylic acid groups (broad SMARTS) is 1. The maximum absolute atomic E-state index is 13.2. The quantitative estimate of drug-likeness (QED) is 0.848. The van der Waals surface area contributed by atoms with Crippen LogP contribution in [0.3, 0.4) is 0 Å². The van der Waals surface area contributed by atoms with Crippen molar-refractivity contribution in [3.8, 4) is 0 Å². The molecule has 6 heteroatoms. The minimum Gasteiger partial charge on any atom is -0.478 e. The van der Waals surface area contributed by atoms with Crippen molar-refractivity contribution in [2.75, 3.05) is 18.5 Å². The van der Waals surface area contributed by atoms with Crippen molar-refractivity contribution in [3.63, 3.8) is 0 Å². The number of carboxylic acids is 1. The maximum atomic E-state index is 13.2. The number of hydrogen-bond acceptors (Lipinski definition) is 3. The van der Waals surface area contributed by atoms with Gasteiger partial charge < -0.3 is 15.2 Å². The Hall–Kier alpha value is -2.37. The second-order valence-electron chi connectivity index (χ2n) is 6.46. The molecule has 3 rings (SSSR count). The van der Waals surface area contributed by atoms with Gasteiger partial charge in [0.25, 0.3) is 0 Å². The molecule has 0 atom stereocenters. The highest BCUT2D eigenvalue weighted by Crippen LogP contribution is 2.38. The smallest absolute Gasteiger partial charge is 0.337 e. The number of rotatable bonds is 4. The van der Waals surface area contributed by atoms with Gasteiger partial charge in [-0.1, -0.05) is 35.9 Å². The van der Waals surface area contributed by atoms with Gasteiger partial charge in [-0.3, -0.25) is 4.79 Å². The lowest BCUT2D eigenvalue weighted by atomic mass is 9.71. The van der Waals surface area contributed by atoms with Gasteiger partial charge in [0.15, 0.2) is 0 Å². The van der Waals surface area contributed by atoms with Crippen molar-refractivity contribution in [3.05, 3.63) is 64.2 Å². The van der Waals surface area contributed by atoms with Gasteiger partial charge in [0.05, 0.1) is 16.0 Å². The normalized spacial score (nSPS) is 16.1. The summed E-state index contributed by atoms with van der Waals surface area (Å²) in [5.41, 5.74) is 1.85. The molecule has 0 spiro atoms. The molecule has 0 saturated carbocycles. The lowest BCUT2D eigenvalue weighted by Gasteiger charge is -2.37. The molecule has 0 unspecified atom stereocenters. The monoisotopic (exact) mass is 373 g/mol. The van der Waals surface area contributed by atoms with E-state index in [9.17, 15) is 9.59 Å². The largest absolute Gasteiger partial charge is 0.478 e. The summed E-state index contributed by atoms with van der Waals surface area (Å²) in [5.74, 6) is -1.23. The molecule has 0 bridgehead atoms. The van der Waals surface area contributed by atoms with Crippen LogP contribution in [0.15, 0.2) is 42.5 Å². The second-order valence-corrected chi connectivity index (χ2v) is 6.87. The molecule has 1 amide bonds. The van der Waals surface area contributed by atoms with Crippen LogP contribution in [-0.4, -0.2) is 30.2 Å². The Kier molecular flexibility index (Phi) is 5.30. The zero-order chi connectivity index (χ0) is 18.7. The van der Waals surface area contributed by atoms with Gasteiger partial charge in [0.1, 0.15) is 0 Å². The fourth-order valence-corrected chi connectivity index (χ4v) is 3.73. The van der Waals surface area contributed by atoms with E-state index in [1.165, 1.54) is 12.1 Å². The Morgan fingerprint density at radius 1 is 1.15 bits per heavy atom. The van der Waals surface area contributed by atoms with E-state index in [0.717, 1.165) is 11.1 Å². The standard InChI is InChI=1S/C20H20ClNO4/c1-13-4-2-3-5-16(13)20(8-10-26-11-9-20)19(25)22-14-6-7-15(18(23)24)17(21)12-14/h2-7,12H,8-11H2,1H3,(H,22,25)(H,23,24). The first-order valence-electron chi connectivity index (χ1n) is 8.42. The molecular weight excluding hydrogens is 354 g/mol. The number of hydrogen-bond donors (Lipinski definition) is 2.